The monoisotopic (exact) mass is 515 g/mol. The number of hydrogen-bond donors (Lipinski definition) is 2. The van der Waals surface area contributed by atoms with E-state index in [0.29, 0.717) is 30.0 Å². The summed E-state index contributed by atoms with van der Waals surface area (Å²) in [6, 6.07) is 8.21. The van der Waals surface area contributed by atoms with Crippen molar-refractivity contribution in [2.24, 2.45) is 16.3 Å². The van der Waals surface area contributed by atoms with Gasteiger partial charge in [0.15, 0.2) is 17.5 Å². The molecule has 1 aromatic carbocycles. The van der Waals surface area contributed by atoms with Crippen LogP contribution in [0, 0.1) is 11.3 Å². The van der Waals surface area contributed by atoms with Gasteiger partial charge in [0, 0.05) is 30.5 Å². The van der Waals surface area contributed by atoms with E-state index in [4.69, 9.17) is 19.2 Å². The quantitative estimate of drug-likeness (QED) is 0.330. The SMILES string of the molecule is CCNC(=NCC(C)Oc1ccccc1OC)NC1C2CCOC2C12CCC2.I. The molecule has 2 N–H and O–H groups in total. The highest BCUT2D eigenvalue weighted by atomic mass is 127. The Bertz CT molecular complexity index is 710. The number of fused-ring (bicyclic) bond motifs is 2. The van der Waals surface area contributed by atoms with Gasteiger partial charge in [-0.1, -0.05) is 18.6 Å². The van der Waals surface area contributed by atoms with Crippen molar-refractivity contribution in [3.8, 4) is 11.5 Å². The summed E-state index contributed by atoms with van der Waals surface area (Å²) >= 11 is 0. The number of methoxy groups -OCH3 is 1. The maximum Gasteiger partial charge on any atom is 0.191 e. The summed E-state index contributed by atoms with van der Waals surface area (Å²) in [5.74, 6) is 3.02. The molecular weight excluding hydrogens is 481 g/mol. The number of halogens is 1. The van der Waals surface area contributed by atoms with Gasteiger partial charge in [0.05, 0.1) is 19.8 Å². The van der Waals surface area contributed by atoms with Crippen LogP contribution in [0.25, 0.3) is 0 Å². The first kappa shape index (κ1) is 22.5. The third-order valence-corrected chi connectivity index (χ3v) is 6.58. The van der Waals surface area contributed by atoms with Crippen LogP contribution in [0.3, 0.4) is 0 Å². The Morgan fingerprint density at radius 1 is 1.31 bits per heavy atom. The maximum atomic E-state index is 6.05. The predicted molar refractivity (Wildman–Crippen MR) is 126 cm³/mol. The van der Waals surface area contributed by atoms with Gasteiger partial charge >= 0.3 is 0 Å². The van der Waals surface area contributed by atoms with Crippen molar-refractivity contribution >= 4 is 29.9 Å². The van der Waals surface area contributed by atoms with E-state index < -0.39 is 0 Å². The van der Waals surface area contributed by atoms with Crippen LogP contribution in [-0.2, 0) is 4.74 Å². The van der Waals surface area contributed by atoms with Crippen molar-refractivity contribution in [1.29, 1.82) is 0 Å². The van der Waals surface area contributed by atoms with Crippen molar-refractivity contribution in [2.75, 3.05) is 26.8 Å². The summed E-state index contributed by atoms with van der Waals surface area (Å²) < 4.78 is 17.5. The number of para-hydroxylation sites is 2. The molecule has 1 saturated heterocycles. The number of hydrogen-bond acceptors (Lipinski definition) is 4. The van der Waals surface area contributed by atoms with Gasteiger partial charge in [-0.15, -0.1) is 24.0 Å². The first-order chi connectivity index (χ1) is 13.7. The fourth-order valence-electron chi connectivity index (χ4n) is 5.11. The molecule has 6 nitrogen and oxygen atoms in total. The average Bonchev–Trinajstić information content (AvgIpc) is 3.08. The van der Waals surface area contributed by atoms with Gasteiger partial charge in [-0.2, -0.15) is 0 Å². The van der Waals surface area contributed by atoms with Crippen molar-refractivity contribution in [3.05, 3.63) is 24.3 Å². The van der Waals surface area contributed by atoms with E-state index in [1.165, 1.54) is 19.3 Å². The number of rotatable bonds is 7. The second kappa shape index (κ2) is 9.73. The molecule has 4 atom stereocenters. The van der Waals surface area contributed by atoms with Crippen molar-refractivity contribution in [2.45, 2.75) is 57.8 Å². The lowest BCUT2D eigenvalue weighted by atomic mass is 9.46. The van der Waals surface area contributed by atoms with E-state index in [2.05, 4.69) is 17.6 Å². The highest BCUT2D eigenvalue weighted by molar-refractivity contribution is 14.0. The van der Waals surface area contributed by atoms with E-state index in [1.54, 1.807) is 7.11 Å². The van der Waals surface area contributed by atoms with Crippen LogP contribution in [0.5, 0.6) is 11.5 Å². The third kappa shape index (κ3) is 4.31. The Hall–Kier alpha value is -1.22. The minimum atomic E-state index is -0.0478. The minimum absolute atomic E-state index is 0. The van der Waals surface area contributed by atoms with E-state index in [-0.39, 0.29) is 30.1 Å². The van der Waals surface area contributed by atoms with Crippen molar-refractivity contribution in [1.82, 2.24) is 10.6 Å². The standard InChI is InChI=1S/C22H33N3O3.HI/c1-4-23-21(24-14-15(2)28-18-9-6-5-8-17(18)26-3)25-19-16-10-13-27-20(16)22(19)11-7-12-22;/h5-6,8-9,15-16,19-20H,4,7,10-14H2,1-3H3,(H2,23,24,25);1H. The van der Waals surface area contributed by atoms with Gasteiger partial charge in [0.2, 0.25) is 0 Å². The Labute approximate surface area is 191 Å². The maximum absolute atomic E-state index is 6.05. The topological polar surface area (TPSA) is 64.1 Å². The van der Waals surface area contributed by atoms with Gasteiger partial charge in [0.25, 0.3) is 0 Å². The molecule has 2 saturated carbocycles. The second-order valence-corrected chi connectivity index (χ2v) is 8.25. The Morgan fingerprint density at radius 2 is 2.07 bits per heavy atom. The lowest BCUT2D eigenvalue weighted by Gasteiger charge is -2.63. The molecule has 1 spiro atoms. The molecule has 0 bridgehead atoms. The number of ether oxygens (including phenoxy) is 3. The van der Waals surface area contributed by atoms with Crippen LogP contribution in [0.2, 0.25) is 0 Å². The summed E-state index contributed by atoms with van der Waals surface area (Å²) in [5, 5.41) is 7.15. The number of benzene rings is 1. The zero-order valence-electron chi connectivity index (χ0n) is 17.6. The van der Waals surface area contributed by atoms with E-state index in [1.807, 2.05) is 31.2 Å². The van der Waals surface area contributed by atoms with E-state index >= 15 is 0 Å². The fraction of sp³-hybridized carbons (Fsp3) is 0.682. The molecule has 0 amide bonds. The molecule has 0 aromatic heterocycles. The zero-order chi connectivity index (χ0) is 19.6. The normalized spacial score (nSPS) is 27.7. The smallest absolute Gasteiger partial charge is 0.191 e. The molecule has 3 fully saturated rings. The van der Waals surface area contributed by atoms with Crippen molar-refractivity contribution in [3.63, 3.8) is 0 Å². The molecule has 29 heavy (non-hydrogen) atoms. The van der Waals surface area contributed by atoms with E-state index in [9.17, 15) is 0 Å². The molecule has 2 aliphatic carbocycles. The summed E-state index contributed by atoms with van der Waals surface area (Å²) in [6.45, 7) is 6.48. The van der Waals surface area contributed by atoms with Gasteiger partial charge in [0.1, 0.15) is 6.10 Å². The first-order valence-electron chi connectivity index (χ1n) is 10.6. The average molecular weight is 515 g/mol. The molecule has 0 radical (unpaired) electrons. The van der Waals surface area contributed by atoms with Gasteiger partial charge in [-0.25, -0.2) is 4.99 Å². The second-order valence-electron chi connectivity index (χ2n) is 8.25. The van der Waals surface area contributed by atoms with Crippen molar-refractivity contribution < 1.29 is 14.2 Å². The van der Waals surface area contributed by atoms with Crippen LogP contribution in [0.1, 0.15) is 39.5 Å². The number of aliphatic imine (C=N–C) groups is 1. The molecule has 3 aliphatic rings. The largest absolute Gasteiger partial charge is 0.493 e. The van der Waals surface area contributed by atoms with Gasteiger partial charge in [-0.3, -0.25) is 0 Å². The van der Waals surface area contributed by atoms with Crippen LogP contribution in [0.4, 0.5) is 0 Å². The first-order valence-corrected chi connectivity index (χ1v) is 10.6. The highest BCUT2D eigenvalue weighted by Gasteiger charge is 2.66. The summed E-state index contributed by atoms with van der Waals surface area (Å²) in [4.78, 5) is 4.81. The molecule has 4 unspecified atom stereocenters. The predicted octanol–water partition coefficient (Wildman–Crippen LogP) is 3.59. The lowest BCUT2D eigenvalue weighted by Crippen LogP contribution is -2.72. The van der Waals surface area contributed by atoms with E-state index in [0.717, 1.165) is 37.0 Å². The molecule has 4 rings (SSSR count). The Balaban J connectivity index is 0.00000240. The molecular formula is C22H34IN3O3. The van der Waals surface area contributed by atoms with Crippen LogP contribution in [-0.4, -0.2) is 51.0 Å². The van der Waals surface area contributed by atoms with Gasteiger partial charge in [-0.05, 0) is 45.2 Å². The molecule has 1 aromatic rings. The Kier molecular flexibility index (Phi) is 7.53. The van der Waals surface area contributed by atoms with Crippen LogP contribution >= 0.6 is 24.0 Å². The summed E-state index contributed by atoms with van der Waals surface area (Å²) in [5.41, 5.74) is 0.344. The van der Waals surface area contributed by atoms with Crippen LogP contribution < -0.4 is 20.1 Å². The third-order valence-electron chi connectivity index (χ3n) is 6.58. The molecule has 1 aliphatic heterocycles. The highest BCUT2D eigenvalue weighted by Crippen LogP contribution is 2.62. The molecule has 1 heterocycles. The zero-order valence-corrected chi connectivity index (χ0v) is 20.0. The number of guanidine groups is 1. The lowest BCUT2D eigenvalue weighted by molar-refractivity contribution is -0.171. The molecule has 7 heteroatoms. The van der Waals surface area contributed by atoms with Gasteiger partial charge < -0.3 is 24.8 Å². The number of nitrogens with one attached hydrogen (secondary N) is 2. The summed E-state index contributed by atoms with van der Waals surface area (Å²) in [6.07, 6.45) is 5.46. The fourth-order valence-corrected chi connectivity index (χ4v) is 5.11. The minimum Gasteiger partial charge on any atom is -0.493 e. The van der Waals surface area contributed by atoms with Crippen LogP contribution in [0.15, 0.2) is 29.3 Å². The summed E-state index contributed by atoms with van der Waals surface area (Å²) in [7, 11) is 1.66. The number of nitrogens with zero attached hydrogens (tertiary/aromatic N) is 1. The molecule has 162 valence electrons. The Morgan fingerprint density at radius 3 is 2.72 bits per heavy atom.